The van der Waals surface area contributed by atoms with Gasteiger partial charge in [-0.3, -0.25) is 10.1 Å². The third-order valence-electron chi connectivity index (χ3n) is 3.14. The average Bonchev–Trinajstić information content (AvgIpc) is 2.45. The highest BCUT2D eigenvalue weighted by atomic mass is 79.9. The van der Waals surface area contributed by atoms with Crippen molar-refractivity contribution in [1.82, 2.24) is 5.32 Å². The van der Waals surface area contributed by atoms with Crippen molar-refractivity contribution >= 4 is 21.6 Å². The maximum Gasteiger partial charge on any atom is 0.272 e. The van der Waals surface area contributed by atoms with Crippen LogP contribution >= 0.6 is 15.9 Å². The molecule has 4 nitrogen and oxygen atoms in total. The van der Waals surface area contributed by atoms with Gasteiger partial charge in [-0.25, -0.2) is 4.39 Å². The zero-order valence-corrected chi connectivity index (χ0v) is 12.9. The van der Waals surface area contributed by atoms with E-state index in [1.807, 2.05) is 31.2 Å². The number of nitro groups is 1. The molecule has 0 bridgehead atoms. The highest BCUT2D eigenvalue weighted by Crippen LogP contribution is 2.19. The summed E-state index contributed by atoms with van der Waals surface area (Å²) >= 11 is 3.37. The number of nitrogens with zero attached hydrogens (tertiary/aromatic N) is 1. The zero-order valence-electron chi connectivity index (χ0n) is 11.3. The van der Waals surface area contributed by atoms with Crippen LogP contribution in [-0.4, -0.2) is 4.92 Å². The number of nitrogens with one attached hydrogen (secondary N) is 1. The van der Waals surface area contributed by atoms with Gasteiger partial charge in [-0.05, 0) is 36.2 Å². The Kier molecular flexibility index (Phi) is 5.03. The molecule has 0 aromatic heterocycles. The topological polar surface area (TPSA) is 55.2 Å². The molecule has 2 rings (SSSR count). The predicted molar refractivity (Wildman–Crippen MR) is 82.5 cm³/mol. The Morgan fingerprint density at radius 2 is 1.95 bits per heavy atom. The summed E-state index contributed by atoms with van der Waals surface area (Å²) in [5.41, 5.74) is 1.40. The summed E-state index contributed by atoms with van der Waals surface area (Å²) in [6, 6.07) is 11.5. The molecule has 2 aromatic carbocycles. The van der Waals surface area contributed by atoms with Crippen LogP contribution in [0.5, 0.6) is 0 Å². The summed E-state index contributed by atoms with van der Waals surface area (Å²) < 4.78 is 14.3. The Labute approximate surface area is 130 Å². The van der Waals surface area contributed by atoms with Crippen molar-refractivity contribution in [1.29, 1.82) is 0 Å². The highest BCUT2D eigenvalue weighted by Gasteiger charge is 2.11. The molecule has 1 atom stereocenters. The number of rotatable bonds is 5. The van der Waals surface area contributed by atoms with Crippen molar-refractivity contribution in [2.24, 2.45) is 0 Å². The summed E-state index contributed by atoms with van der Waals surface area (Å²) in [5.74, 6) is -0.600. The maximum absolute atomic E-state index is 13.3. The molecule has 0 radical (unpaired) electrons. The Morgan fingerprint density at radius 1 is 1.29 bits per heavy atom. The van der Waals surface area contributed by atoms with Crippen LogP contribution < -0.4 is 5.32 Å². The molecule has 0 fully saturated rings. The van der Waals surface area contributed by atoms with E-state index in [1.165, 1.54) is 12.1 Å². The van der Waals surface area contributed by atoms with Crippen LogP contribution in [0.15, 0.2) is 46.9 Å². The lowest BCUT2D eigenvalue weighted by atomic mass is 10.1. The monoisotopic (exact) mass is 352 g/mol. The fourth-order valence-electron chi connectivity index (χ4n) is 1.98. The number of non-ortho nitro benzene ring substituents is 1. The number of halogens is 2. The molecular formula is C15H14BrFN2O2. The molecule has 1 unspecified atom stereocenters. The molecule has 0 aliphatic heterocycles. The molecule has 0 spiro atoms. The lowest BCUT2D eigenvalue weighted by molar-refractivity contribution is -0.385. The quantitative estimate of drug-likeness (QED) is 0.642. The van der Waals surface area contributed by atoms with E-state index >= 15 is 0 Å². The second-order valence-electron chi connectivity index (χ2n) is 4.73. The van der Waals surface area contributed by atoms with Crippen molar-refractivity contribution in [2.45, 2.75) is 19.5 Å². The molecule has 6 heteroatoms. The van der Waals surface area contributed by atoms with Crippen LogP contribution in [0.3, 0.4) is 0 Å². The molecule has 1 N–H and O–H groups in total. The van der Waals surface area contributed by atoms with Gasteiger partial charge in [-0.2, -0.15) is 0 Å². The number of benzene rings is 2. The van der Waals surface area contributed by atoms with E-state index in [1.54, 1.807) is 0 Å². The molecule has 2 aromatic rings. The Morgan fingerprint density at radius 3 is 2.57 bits per heavy atom. The van der Waals surface area contributed by atoms with Gasteiger partial charge >= 0.3 is 0 Å². The van der Waals surface area contributed by atoms with Gasteiger partial charge in [0.2, 0.25) is 0 Å². The molecule has 0 saturated carbocycles. The van der Waals surface area contributed by atoms with Crippen LogP contribution in [0.4, 0.5) is 10.1 Å². The SMILES string of the molecule is CC(NCc1cc(F)cc([N+](=O)[O-])c1)c1ccc(Br)cc1. The van der Waals surface area contributed by atoms with E-state index in [0.29, 0.717) is 12.1 Å². The van der Waals surface area contributed by atoms with E-state index in [-0.39, 0.29) is 11.7 Å². The first kappa shape index (κ1) is 15.6. The molecule has 110 valence electrons. The van der Waals surface area contributed by atoms with Crippen LogP contribution in [0.25, 0.3) is 0 Å². The fourth-order valence-corrected chi connectivity index (χ4v) is 2.25. The second kappa shape index (κ2) is 6.78. The van der Waals surface area contributed by atoms with Crippen molar-refractivity contribution in [3.05, 3.63) is 74.0 Å². The van der Waals surface area contributed by atoms with Crippen molar-refractivity contribution < 1.29 is 9.31 Å². The predicted octanol–water partition coefficient (Wildman–Crippen LogP) is 4.35. The van der Waals surface area contributed by atoms with E-state index in [0.717, 1.165) is 16.1 Å². The van der Waals surface area contributed by atoms with Crippen molar-refractivity contribution in [3.8, 4) is 0 Å². The van der Waals surface area contributed by atoms with E-state index in [2.05, 4.69) is 21.2 Å². The minimum atomic E-state index is -0.600. The standard InChI is InChI=1S/C15H14BrFN2O2/c1-10(12-2-4-13(16)5-3-12)18-9-11-6-14(17)8-15(7-11)19(20)21/h2-8,10,18H,9H2,1H3. The molecule has 21 heavy (non-hydrogen) atoms. The van der Waals surface area contributed by atoms with E-state index in [4.69, 9.17) is 0 Å². The summed E-state index contributed by atoms with van der Waals surface area (Å²) in [4.78, 5) is 10.1. The second-order valence-corrected chi connectivity index (χ2v) is 5.64. The number of hydrogen-bond acceptors (Lipinski definition) is 3. The van der Waals surface area contributed by atoms with Crippen LogP contribution in [-0.2, 0) is 6.54 Å². The van der Waals surface area contributed by atoms with Crippen LogP contribution in [0.1, 0.15) is 24.1 Å². The Bertz CT molecular complexity index is 647. The summed E-state index contributed by atoms with van der Waals surface area (Å²) in [6.07, 6.45) is 0. The third kappa shape index (κ3) is 4.34. The lowest BCUT2D eigenvalue weighted by Gasteiger charge is -2.14. The van der Waals surface area contributed by atoms with Crippen molar-refractivity contribution in [3.63, 3.8) is 0 Å². The van der Waals surface area contributed by atoms with E-state index < -0.39 is 10.7 Å². The molecule has 0 heterocycles. The lowest BCUT2D eigenvalue weighted by Crippen LogP contribution is -2.18. The fraction of sp³-hybridized carbons (Fsp3) is 0.200. The van der Waals surface area contributed by atoms with Gasteiger partial charge in [0.1, 0.15) is 5.82 Å². The average molecular weight is 353 g/mol. The summed E-state index contributed by atoms with van der Waals surface area (Å²) in [7, 11) is 0. The normalized spacial score (nSPS) is 12.1. The van der Waals surface area contributed by atoms with E-state index in [9.17, 15) is 14.5 Å². The Hall–Kier alpha value is -1.79. The van der Waals surface area contributed by atoms with Crippen LogP contribution in [0, 0.1) is 15.9 Å². The summed E-state index contributed by atoms with van der Waals surface area (Å²) in [5, 5.41) is 13.9. The Balaban J connectivity index is 2.05. The number of nitro benzene ring substituents is 1. The minimum Gasteiger partial charge on any atom is -0.306 e. The highest BCUT2D eigenvalue weighted by molar-refractivity contribution is 9.10. The van der Waals surface area contributed by atoms with Gasteiger partial charge in [0.25, 0.3) is 5.69 Å². The van der Waals surface area contributed by atoms with Gasteiger partial charge in [-0.1, -0.05) is 28.1 Å². The van der Waals surface area contributed by atoms with Gasteiger partial charge in [0, 0.05) is 23.1 Å². The largest absolute Gasteiger partial charge is 0.306 e. The van der Waals surface area contributed by atoms with Gasteiger partial charge in [-0.15, -0.1) is 0 Å². The zero-order chi connectivity index (χ0) is 15.4. The molecule has 0 aliphatic carbocycles. The number of hydrogen-bond donors (Lipinski definition) is 1. The minimum absolute atomic E-state index is 0.0559. The maximum atomic E-state index is 13.3. The first-order valence-electron chi connectivity index (χ1n) is 6.38. The van der Waals surface area contributed by atoms with Crippen LogP contribution in [0.2, 0.25) is 0 Å². The molecule has 0 aliphatic rings. The first-order chi connectivity index (χ1) is 9.95. The van der Waals surface area contributed by atoms with Gasteiger partial charge < -0.3 is 5.32 Å². The molecule has 0 amide bonds. The van der Waals surface area contributed by atoms with Gasteiger partial charge in [0.05, 0.1) is 11.0 Å². The first-order valence-corrected chi connectivity index (χ1v) is 7.17. The smallest absolute Gasteiger partial charge is 0.272 e. The van der Waals surface area contributed by atoms with Gasteiger partial charge in [0.15, 0.2) is 0 Å². The molecular weight excluding hydrogens is 339 g/mol. The third-order valence-corrected chi connectivity index (χ3v) is 3.66. The molecule has 0 saturated heterocycles. The van der Waals surface area contributed by atoms with Crippen molar-refractivity contribution in [2.75, 3.05) is 0 Å². The summed E-state index contributed by atoms with van der Waals surface area (Å²) in [6.45, 7) is 2.34.